The molecule has 1 aromatic rings. The van der Waals surface area contributed by atoms with Gasteiger partial charge in [-0.3, -0.25) is 4.79 Å². The molecular weight excluding hydrogens is 214 g/mol. The summed E-state index contributed by atoms with van der Waals surface area (Å²) in [5.41, 5.74) is 13.5. The van der Waals surface area contributed by atoms with Crippen molar-refractivity contribution < 1.29 is 4.79 Å². The number of hydrogen-bond donors (Lipinski definition) is 2. The van der Waals surface area contributed by atoms with Crippen LogP contribution in [0, 0.1) is 0 Å². The predicted molar refractivity (Wildman–Crippen MR) is 68.2 cm³/mol. The molecule has 0 radical (unpaired) electrons. The Morgan fingerprint density at radius 1 is 1.29 bits per heavy atom. The van der Waals surface area contributed by atoms with Crippen molar-refractivity contribution in [2.24, 2.45) is 5.73 Å². The van der Waals surface area contributed by atoms with Crippen LogP contribution in [-0.4, -0.2) is 22.9 Å². The zero-order chi connectivity index (χ0) is 12.6. The third kappa shape index (κ3) is 2.13. The van der Waals surface area contributed by atoms with Crippen molar-refractivity contribution in [1.29, 1.82) is 0 Å². The summed E-state index contributed by atoms with van der Waals surface area (Å²) in [6.07, 6.45) is 0.424. The summed E-state index contributed by atoms with van der Waals surface area (Å²) in [7, 11) is 0. The molecule has 17 heavy (non-hydrogen) atoms. The monoisotopic (exact) mass is 233 g/mol. The molecular formula is C13H19N3O. The van der Waals surface area contributed by atoms with E-state index in [1.54, 1.807) is 0 Å². The summed E-state index contributed by atoms with van der Waals surface area (Å²) in [6, 6.07) is 7.62. The van der Waals surface area contributed by atoms with Crippen molar-refractivity contribution in [3.8, 4) is 0 Å². The number of carbonyl (C=O) groups excluding carboxylic acids is 1. The maximum absolute atomic E-state index is 11.9. The number of rotatable bonds is 2. The van der Waals surface area contributed by atoms with E-state index < -0.39 is 0 Å². The first-order chi connectivity index (χ1) is 8.00. The minimum Gasteiger partial charge on any atom is -0.399 e. The molecule has 4 N–H and O–H groups in total. The average molecular weight is 233 g/mol. The van der Waals surface area contributed by atoms with Crippen molar-refractivity contribution in [3.05, 3.63) is 29.8 Å². The van der Waals surface area contributed by atoms with Crippen LogP contribution in [0.2, 0.25) is 0 Å². The van der Waals surface area contributed by atoms with Gasteiger partial charge in [-0.25, -0.2) is 0 Å². The first kappa shape index (κ1) is 11.9. The molecule has 2 atom stereocenters. The van der Waals surface area contributed by atoms with Crippen LogP contribution < -0.4 is 11.5 Å². The molecule has 1 fully saturated rings. The number of nitrogen functional groups attached to an aromatic ring is 1. The van der Waals surface area contributed by atoms with E-state index in [4.69, 9.17) is 11.5 Å². The molecule has 1 aliphatic heterocycles. The summed E-state index contributed by atoms with van der Waals surface area (Å²) in [5.74, 6) is 0.134. The van der Waals surface area contributed by atoms with Crippen molar-refractivity contribution in [1.82, 2.24) is 4.90 Å². The molecule has 92 valence electrons. The Morgan fingerprint density at radius 2 is 1.88 bits per heavy atom. The molecule has 4 nitrogen and oxygen atoms in total. The van der Waals surface area contributed by atoms with Crippen molar-refractivity contribution >= 4 is 11.6 Å². The van der Waals surface area contributed by atoms with E-state index >= 15 is 0 Å². The lowest BCUT2D eigenvalue weighted by atomic mass is 10.00. The molecule has 0 aromatic heterocycles. The molecule has 0 saturated carbocycles. The molecule has 1 aromatic carbocycles. The highest BCUT2D eigenvalue weighted by Gasteiger charge is 2.39. The van der Waals surface area contributed by atoms with Gasteiger partial charge in [0.1, 0.15) is 0 Å². The normalized spacial score (nSPS) is 24.7. The Morgan fingerprint density at radius 3 is 2.41 bits per heavy atom. The van der Waals surface area contributed by atoms with Gasteiger partial charge in [-0.15, -0.1) is 0 Å². The van der Waals surface area contributed by atoms with Crippen molar-refractivity contribution in [3.63, 3.8) is 0 Å². The molecule has 1 saturated heterocycles. The van der Waals surface area contributed by atoms with Crippen molar-refractivity contribution in [2.75, 3.05) is 5.73 Å². The van der Waals surface area contributed by atoms with Gasteiger partial charge >= 0.3 is 0 Å². The summed E-state index contributed by atoms with van der Waals surface area (Å²) >= 11 is 0. The Balaban J connectivity index is 2.34. The quantitative estimate of drug-likeness (QED) is 0.756. The van der Waals surface area contributed by atoms with E-state index in [1.807, 2.05) is 43.0 Å². The zero-order valence-corrected chi connectivity index (χ0v) is 10.3. The van der Waals surface area contributed by atoms with E-state index in [-0.39, 0.29) is 24.0 Å². The third-order valence-corrected chi connectivity index (χ3v) is 3.24. The number of amides is 1. The lowest BCUT2D eigenvalue weighted by molar-refractivity contribution is -0.130. The van der Waals surface area contributed by atoms with Gasteiger partial charge in [-0.1, -0.05) is 12.1 Å². The van der Waals surface area contributed by atoms with Crippen LogP contribution in [0.15, 0.2) is 24.3 Å². The van der Waals surface area contributed by atoms with Gasteiger partial charge in [0.25, 0.3) is 0 Å². The van der Waals surface area contributed by atoms with E-state index in [2.05, 4.69) is 0 Å². The van der Waals surface area contributed by atoms with E-state index in [0.29, 0.717) is 6.42 Å². The second-order valence-electron chi connectivity index (χ2n) is 4.87. The average Bonchev–Trinajstić information content (AvgIpc) is 2.55. The number of benzene rings is 1. The van der Waals surface area contributed by atoms with Crippen LogP contribution in [0.5, 0.6) is 0 Å². The van der Waals surface area contributed by atoms with Gasteiger partial charge in [0.15, 0.2) is 0 Å². The minimum absolute atomic E-state index is 0.0249. The summed E-state index contributed by atoms with van der Waals surface area (Å²) in [6.45, 7) is 4.03. The van der Waals surface area contributed by atoms with Crippen LogP contribution in [0.25, 0.3) is 0 Å². The topological polar surface area (TPSA) is 72.3 Å². The van der Waals surface area contributed by atoms with Crippen LogP contribution >= 0.6 is 0 Å². The summed E-state index contributed by atoms with van der Waals surface area (Å²) < 4.78 is 0. The molecule has 0 aliphatic carbocycles. The lowest BCUT2D eigenvalue weighted by Crippen LogP contribution is -2.37. The molecule has 2 rings (SSSR count). The van der Waals surface area contributed by atoms with E-state index in [0.717, 1.165) is 11.3 Å². The fraction of sp³-hybridized carbons (Fsp3) is 0.462. The lowest BCUT2D eigenvalue weighted by Gasteiger charge is -2.30. The fourth-order valence-corrected chi connectivity index (χ4v) is 2.49. The Bertz CT molecular complexity index is 413. The minimum atomic E-state index is -0.131. The predicted octanol–water partition coefficient (Wildman–Crippen LogP) is 1.28. The number of nitrogens with zero attached hydrogens (tertiary/aromatic N) is 1. The molecule has 2 unspecified atom stereocenters. The Hall–Kier alpha value is -1.55. The Kier molecular flexibility index (Phi) is 3.07. The highest BCUT2D eigenvalue weighted by atomic mass is 16.2. The van der Waals surface area contributed by atoms with E-state index in [1.165, 1.54) is 0 Å². The summed E-state index contributed by atoms with van der Waals surface area (Å²) in [5, 5.41) is 0. The largest absolute Gasteiger partial charge is 0.399 e. The fourth-order valence-electron chi connectivity index (χ4n) is 2.49. The number of anilines is 1. The zero-order valence-electron chi connectivity index (χ0n) is 10.3. The number of nitrogens with two attached hydrogens (primary N) is 2. The van der Waals surface area contributed by atoms with E-state index in [9.17, 15) is 4.79 Å². The second-order valence-corrected chi connectivity index (χ2v) is 4.87. The van der Waals surface area contributed by atoms with Gasteiger partial charge in [-0.2, -0.15) is 0 Å². The molecule has 1 aliphatic rings. The number of carbonyl (C=O) groups is 1. The summed E-state index contributed by atoms with van der Waals surface area (Å²) in [4.78, 5) is 13.8. The third-order valence-electron chi connectivity index (χ3n) is 3.24. The maximum atomic E-state index is 11.9. The molecule has 1 amide bonds. The molecule has 0 bridgehead atoms. The molecule has 0 spiro atoms. The molecule has 1 heterocycles. The Labute approximate surface area is 102 Å². The number of likely N-dealkylation sites (tertiary alicyclic amines) is 1. The highest BCUT2D eigenvalue weighted by molar-refractivity contribution is 5.80. The van der Waals surface area contributed by atoms with Crippen LogP contribution in [-0.2, 0) is 4.79 Å². The van der Waals surface area contributed by atoms with Gasteiger partial charge < -0.3 is 16.4 Å². The van der Waals surface area contributed by atoms with Crippen LogP contribution in [0.4, 0.5) is 5.69 Å². The SMILES string of the molecule is CC(C)N1C(=O)CC(N)C1c1ccc(N)cc1. The molecule has 4 heteroatoms. The van der Waals surface area contributed by atoms with Crippen molar-refractivity contribution in [2.45, 2.75) is 38.4 Å². The van der Waals surface area contributed by atoms with Gasteiger partial charge in [0.05, 0.1) is 6.04 Å². The second kappa shape index (κ2) is 4.37. The van der Waals surface area contributed by atoms with Gasteiger partial charge in [-0.05, 0) is 31.5 Å². The first-order valence-electron chi connectivity index (χ1n) is 5.93. The first-order valence-corrected chi connectivity index (χ1v) is 5.93. The standard InChI is InChI=1S/C13H19N3O/c1-8(2)16-12(17)7-11(15)13(16)9-3-5-10(14)6-4-9/h3-6,8,11,13H,7,14-15H2,1-2H3. The van der Waals surface area contributed by atoms with Crippen LogP contribution in [0.3, 0.4) is 0 Å². The number of hydrogen-bond acceptors (Lipinski definition) is 3. The maximum Gasteiger partial charge on any atom is 0.225 e. The smallest absolute Gasteiger partial charge is 0.225 e. The van der Waals surface area contributed by atoms with Crippen LogP contribution in [0.1, 0.15) is 31.9 Å². The van der Waals surface area contributed by atoms with Gasteiger partial charge in [0, 0.05) is 24.2 Å². The van der Waals surface area contributed by atoms with Gasteiger partial charge in [0.2, 0.25) is 5.91 Å². The highest BCUT2D eigenvalue weighted by Crippen LogP contribution is 2.33.